The molecule has 0 aliphatic heterocycles. The van der Waals surface area contributed by atoms with Gasteiger partial charge >= 0.3 is 0 Å². The number of H-pyrrole nitrogens is 1. The molecule has 3 heterocycles. The molecule has 26 heavy (non-hydrogen) atoms. The first kappa shape index (κ1) is 15.0. The van der Waals surface area contributed by atoms with E-state index in [0.717, 1.165) is 28.1 Å². The van der Waals surface area contributed by atoms with Crippen LogP contribution < -0.4 is 0 Å². The van der Waals surface area contributed by atoms with Gasteiger partial charge in [0, 0.05) is 34.0 Å². The lowest BCUT2D eigenvalue weighted by molar-refractivity contribution is 1.10. The highest BCUT2D eigenvalue weighted by atomic mass is 32.1. The average Bonchev–Trinajstić information content (AvgIpc) is 3.40. The fourth-order valence-electron chi connectivity index (χ4n) is 3.23. The summed E-state index contributed by atoms with van der Waals surface area (Å²) < 4.78 is 0. The molecule has 2 aromatic carbocycles. The van der Waals surface area contributed by atoms with E-state index in [1.807, 2.05) is 12.4 Å². The lowest BCUT2D eigenvalue weighted by Gasteiger charge is -2.03. The average molecular weight is 353 g/mol. The van der Waals surface area contributed by atoms with Gasteiger partial charge in [0.05, 0.1) is 11.4 Å². The molecule has 0 fully saturated rings. The maximum Gasteiger partial charge on any atom is 0.0942 e. The van der Waals surface area contributed by atoms with Crippen LogP contribution in [0.2, 0.25) is 0 Å². The van der Waals surface area contributed by atoms with Gasteiger partial charge in [-0.15, -0.1) is 11.3 Å². The summed E-state index contributed by atoms with van der Waals surface area (Å²) in [4.78, 5) is 5.61. The number of rotatable bonds is 3. The molecule has 0 amide bonds. The van der Waals surface area contributed by atoms with Crippen molar-refractivity contribution in [1.29, 1.82) is 0 Å². The molecule has 0 spiro atoms. The normalized spacial score (nSPS) is 11.1. The number of aromatic nitrogens is 3. The molecule has 5 rings (SSSR count). The van der Waals surface area contributed by atoms with Crippen LogP contribution in [0.15, 0.2) is 84.5 Å². The predicted octanol–water partition coefficient (Wildman–Crippen LogP) is 6.02. The van der Waals surface area contributed by atoms with Gasteiger partial charge in [0.15, 0.2) is 0 Å². The fourth-order valence-corrected chi connectivity index (χ4v) is 3.93. The predicted molar refractivity (Wildman–Crippen MR) is 108 cm³/mol. The van der Waals surface area contributed by atoms with E-state index in [0.29, 0.717) is 0 Å². The summed E-state index contributed by atoms with van der Waals surface area (Å²) in [6.07, 6.45) is 3.76. The van der Waals surface area contributed by atoms with Gasteiger partial charge in [0.2, 0.25) is 0 Å². The molecule has 4 heteroatoms. The summed E-state index contributed by atoms with van der Waals surface area (Å²) in [6, 6.07) is 23.1. The van der Waals surface area contributed by atoms with Crippen LogP contribution in [0.5, 0.6) is 0 Å². The second-order valence-electron chi connectivity index (χ2n) is 6.13. The largest absolute Gasteiger partial charge is 0.277 e. The third kappa shape index (κ3) is 2.61. The Labute approximate surface area is 155 Å². The molecule has 5 aromatic rings. The second-order valence-corrected chi connectivity index (χ2v) is 7.08. The molecular weight excluding hydrogens is 338 g/mol. The van der Waals surface area contributed by atoms with Crippen LogP contribution in [-0.4, -0.2) is 15.2 Å². The zero-order valence-electron chi connectivity index (χ0n) is 13.9. The highest BCUT2D eigenvalue weighted by Crippen LogP contribution is 2.31. The van der Waals surface area contributed by atoms with Crippen LogP contribution in [0.1, 0.15) is 0 Å². The number of hydrogen-bond donors (Lipinski definition) is 1. The highest BCUT2D eigenvalue weighted by Gasteiger charge is 2.10. The van der Waals surface area contributed by atoms with Crippen molar-refractivity contribution in [3.63, 3.8) is 0 Å². The zero-order valence-corrected chi connectivity index (χ0v) is 14.7. The first-order chi connectivity index (χ1) is 12.9. The van der Waals surface area contributed by atoms with Gasteiger partial charge in [0.25, 0.3) is 0 Å². The van der Waals surface area contributed by atoms with E-state index in [-0.39, 0.29) is 0 Å². The summed E-state index contributed by atoms with van der Waals surface area (Å²) in [5.74, 6) is 0. The van der Waals surface area contributed by atoms with Gasteiger partial charge in [-0.1, -0.05) is 48.5 Å². The van der Waals surface area contributed by atoms with E-state index in [9.17, 15) is 0 Å². The van der Waals surface area contributed by atoms with E-state index in [2.05, 4.69) is 87.3 Å². The van der Waals surface area contributed by atoms with Crippen molar-refractivity contribution in [2.24, 2.45) is 0 Å². The minimum atomic E-state index is 0.902. The first-order valence-corrected chi connectivity index (χ1v) is 9.29. The Hall–Kier alpha value is -3.24. The minimum Gasteiger partial charge on any atom is -0.277 e. The maximum atomic E-state index is 4.53. The van der Waals surface area contributed by atoms with Crippen LogP contribution >= 0.6 is 11.3 Å². The molecule has 0 atom stereocenters. The molecule has 3 aromatic heterocycles. The van der Waals surface area contributed by atoms with Crippen molar-refractivity contribution in [1.82, 2.24) is 15.2 Å². The van der Waals surface area contributed by atoms with Crippen LogP contribution in [0, 0.1) is 0 Å². The number of pyridine rings is 1. The summed E-state index contributed by atoms with van der Waals surface area (Å²) in [5.41, 5.74) is 5.20. The monoisotopic (exact) mass is 353 g/mol. The molecule has 0 saturated heterocycles. The summed E-state index contributed by atoms with van der Waals surface area (Å²) >= 11 is 1.72. The van der Waals surface area contributed by atoms with Crippen molar-refractivity contribution < 1.29 is 0 Å². The molecule has 0 aliphatic rings. The first-order valence-electron chi connectivity index (χ1n) is 8.41. The Morgan fingerprint density at radius 1 is 0.808 bits per heavy atom. The lowest BCUT2D eigenvalue weighted by Crippen LogP contribution is -1.82. The number of nitrogens with one attached hydrogen (secondary N) is 1. The SMILES string of the molecule is c1csc(-c2cncc(-c3cc(-c4cccc5ccccc45)[nH]n3)c2)c1. The van der Waals surface area contributed by atoms with Crippen LogP contribution in [0.4, 0.5) is 0 Å². The van der Waals surface area contributed by atoms with E-state index >= 15 is 0 Å². The fraction of sp³-hybridized carbons (Fsp3) is 0. The number of fused-ring (bicyclic) bond motifs is 1. The number of hydrogen-bond acceptors (Lipinski definition) is 3. The van der Waals surface area contributed by atoms with Crippen molar-refractivity contribution in [3.8, 4) is 33.0 Å². The quantitative estimate of drug-likeness (QED) is 0.431. The summed E-state index contributed by atoms with van der Waals surface area (Å²) in [7, 11) is 0. The van der Waals surface area contributed by atoms with Gasteiger partial charge in [-0.2, -0.15) is 5.10 Å². The van der Waals surface area contributed by atoms with Crippen molar-refractivity contribution >= 4 is 22.1 Å². The third-order valence-electron chi connectivity index (χ3n) is 4.50. The Morgan fingerprint density at radius 2 is 1.69 bits per heavy atom. The molecule has 0 saturated carbocycles. The number of thiophene rings is 1. The van der Waals surface area contributed by atoms with Gasteiger partial charge in [-0.3, -0.25) is 10.1 Å². The van der Waals surface area contributed by atoms with E-state index in [1.54, 1.807) is 11.3 Å². The van der Waals surface area contributed by atoms with Crippen LogP contribution in [0.25, 0.3) is 43.7 Å². The Kier molecular flexibility index (Phi) is 3.61. The maximum absolute atomic E-state index is 4.53. The second kappa shape index (κ2) is 6.24. The van der Waals surface area contributed by atoms with Crippen molar-refractivity contribution in [3.05, 3.63) is 84.5 Å². The molecule has 3 nitrogen and oxygen atoms in total. The lowest BCUT2D eigenvalue weighted by atomic mass is 10.0. The highest BCUT2D eigenvalue weighted by molar-refractivity contribution is 7.13. The Morgan fingerprint density at radius 3 is 2.62 bits per heavy atom. The van der Waals surface area contributed by atoms with Crippen LogP contribution in [-0.2, 0) is 0 Å². The molecule has 0 radical (unpaired) electrons. The van der Waals surface area contributed by atoms with Gasteiger partial charge in [-0.25, -0.2) is 0 Å². The van der Waals surface area contributed by atoms with E-state index < -0.39 is 0 Å². The molecule has 0 bridgehead atoms. The number of aromatic amines is 1. The van der Waals surface area contributed by atoms with Gasteiger partial charge < -0.3 is 0 Å². The smallest absolute Gasteiger partial charge is 0.0942 e. The summed E-state index contributed by atoms with van der Waals surface area (Å²) in [6.45, 7) is 0. The number of benzene rings is 2. The molecule has 1 N–H and O–H groups in total. The van der Waals surface area contributed by atoms with Gasteiger partial charge in [-0.05, 0) is 34.4 Å². The zero-order chi connectivity index (χ0) is 17.3. The van der Waals surface area contributed by atoms with Gasteiger partial charge in [0.1, 0.15) is 0 Å². The van der Waals surface area contributed by atoms with E-state index in [4.69, 9.17) is 0 Å². The van der Waals surface area contributed by atoms with Crippen LogP contribution in [0.3, 0.4) is 0 Å². The topological polar surface area (TPSA) is 41.6 Å². The van der Waals surface area contributed by atoms with E-state index in [1.165, 1.54) is 15.6 Å². The summed E-state index contributed by atoms with van der Waals surface area (Å²) in [5, 5.41) is 12.2. The molecule has 0 aliphatic carbocycles. The Bertz CT molecular complexity index is 1180. The number of nitrogens with zero attached hydrogens (tertiary/aromatic N) is 2. The molecular formula is C22H15N3S. The standard InChI is InChI=1S/C22H15N3S/c1-2-7-18-15(5-1)6-3-8-19(18)21-12-20(24-25-21)16-11-17(14-23-13-16)22-9-4-10-26-22/h1-14H,(H,24,25). The molecule has 124 valence electrons. The Balaban J connectivity index is 1.58. The molecule has 0 unspecified atom stereocenters. The van der Waals surface area contributed by atoms with Crippen molar-refractivity contribution in [2.45, 2.75) is 0 Å². The third-order valence-corrected chi connectivity index (χ3v) is 5.42. The minimum absolute atomic E-state index is 0.902. The van der Waals surface area contributed by atoms with Crippen molar-refractivity contribution in [2.75, 3.05) is 0 Å².